The van der Waals surface area contributed by atoms with Gasteiger partial charge >= 0.3 is 6.18 Å². The first-order valence-electron chi connectivity index (χ1n) is 8.21. The fourth-order valence-corrected chi connectivity index (χ4v) is 2.89. The topological polar surface area (TPSA) is 29.1 Å². The summed E-state index contributed by atoms with van der Waals surface area (Å²) in [4.78, 5) is 12.2. The van der Waals surface area contributed by atoms with E-state index in [2.05, 4.69) is 5.32 Å². The van der Waals surface area contributed by atoms with Gasteiger partial charge in [0.05, 0.1) is 11.1 Å². The minimum Gasteiger partial charge on any atom is -0.322 e. The van der Waals surface area contributed by atoms with Gasteiger partial charge in [-0.3, -0.25) is 4.79 Å². The van der Waals surface area contributed by atoms with Gasteiger partial charge in [-0.15, -0.1) is 0 Å². The molecule has 2 nitrogen and oxygen atoms in total. The molecule has 0 aliphatic rings. The largest absolute Gasteiger partial charge is 0.417 e. The Morgan fingerprint density at radius 2 is 1.61 bits per heavy atom. The molecule has 1 amide bonds. The SMILES string of the molecule is Cc1cc(NC(=O)c2cccc(F)c2F)ccc1-c1ccccc1C(F)(F)F. The first kappa shape index (κ1) is 19.5. The monoisotopic (exact) mass is 391 g/mol. The van der Waals surface area contributed by atoms with Crippen LogP contribution in [-0.2, 0) is 6.18 Å². The molecule has 0 unspecified atom stereocenters. The summed E-state index contributed by atoms with van der Waals surface area (Å²) in [5, 5.41) is 2.42. The van der Waals surface area contributed by atoms with Crippen molar-refractivity contribution in [2.45, 2.75) is 13.1 Å². The molecule has 0 aliphatic heterocycles. The van der Waals surface area contributed by atoms with Crippen LogP contribution in [0, 0.1) is 18.6 Å². The van der Waals surface area contributed by atoms with E-state index in [0.717, 1.165) is 18.2 Å². The summed E-state index contributed by atoms with van der Waals surface area (Å²) in [5.74, 6) is -3.28. The lowest BCUT2D eigenvalue weighted by atomic mass is 9.95. The van der Waals surface area contributed by atoms with Crippen LogP contribution in [-0.4, -0.2) is 5.91 Å². The number of halogens is 5. The Labute approximate surface area is 157 Å². The third kappa shape index (κ3) is 3.88. The summed E-state index contributed by atoms with van der Waals surface area (Å²) in [6.45, 7) is 1.60. The molecule has 0 aromatic heterocycles. The lowest BCUT2D eigenvalue weighted by Crippen LogP contribution is -2.14. The minimum absolute atomic E-state index is 0.0153. The van der Waals surface area contributed by atoms with E-state index < -0.39 is 34.8 Å². The smallest absolute Gasteiger partial charge is 0.322 e. The molecular formula is C21H14F5NO. The summed E-state index contributed by atoms with van der Waals surface area (Å²) >= 11 is 0. The van der Waals surface area contributed by atoms with Crippen LogP contribution in [0.2, 0.25) is 0 Å². The number of benzene rings is 3. The molecule has 3 rings (SSSR count). The van der Waals surface area contributed by atoms with Gasteiger partial charge in [0.2, 0.25) is 0 Å². The molecular weight excluding hydrogens is 377 g/mol. The van der Waals surface area contributed by atoms with Gasteiger partial charge in [-0.2, -0.15) is 13.2 Å². The Hall–Kier alpha value is -3.22. The molecule has 28 heavy (non-hydrogen) atoms. The average molecular weight is 391 g/mol. The van der Waals surface area contributed by atoms with Crippen LogP contribution in [0.25, 0.3) is 11.1 Å². The minimum atomic E-state index is -4.51. The van der Waals surface area contributed by atoms with Crippen LogP contribution in [0.5, 0.6) is 0 Å². The van der Waals surface area contributed by atoms with Crippen LogP contribution in [0.3, 0.4) is 0 Å². The quantitative estimate of drug-likeness (QED) is 0.529. The number of hydrogen-bond donors (Lipinski definition) is 1. The Morgan fingerprint density at radius 1 is 0.893 bits per heavy atom. The number of carbonyl (C=O) groups is 1. The highest BCUT2D eigenvalue weighted by atomic mass is 19.4. The van der Waals surface area contributed by atoms with Crippen LogP contribution >= 0.6 is 0 Å². The van der Waals surface area contributed by atoms with Gasteiger partial charge in [0.25, 0.3) is 5.91 Å². The molecule has 0 atom stereocenters. The van der Waals surface area contributed by atoms with E-state index in [1.165, 1.54) is 42.5 Å². The number of hydrogen-bond acceptors (Lipinski definition) is 1. The second kappa shape index (κ2) is 7.42. The summed E-state index contributed by atoms with van der Waals surface area (Å²) in [6, 6.07) is 12.7. The van der Waals surface area contributed by atoms with Crippen molar-refractivity contribution in [2.24, 2.45) is 0 Å². The van der Waals surface area contributed by atoms with Crippen molar-refractivity contribution in [1.82, 2.24) is 0 Å². The van der Waals surface area contributed by atoms with Crippen LogP contribution in [0.15, 0.2) is 60.7 Å². The number of rotatable bonds is 3. The fourth-order valence-electron chi connectivity index (χ4n) is 2.89. The first-order chi connectivity index (χ1) is 13.2. The zero-order chi connectivity index (χ0) is 20.5. The summed E-state index contributed by atoms with van der Waals surface area (Å²) in [7, 11) is 0. The molecule has 7 heteroatoms. The maximum atomic E-state index is 13.7. The third-order valence-corrected chi connectivity index (χ3v) is 4.20. The zero-order valence-corrected chi connectivity index (χ0v) is 14.6. The third-order valence-electron chi connectivity index (χ3n) is 4.20. The van der Waals surface area contributed by atoms with Gasteiger partial charge in [0.1, 0.15) is 0 Å². The molecule has 3 aromatic rings. The highest BCUT2D eigenvalue weighted by molar-refractivity contribution is 6.04. The lowest BCUT2D eigenvalue weighted by molar-refractivity contribution is -0.137. The number of carbonyl (C=O) groups excluding carboxylic acids is 1. The molecule has 0 bridgehead atoms. The second-order valence-electron chi connectivity index (χ2n) is 6.13. The predicted octanol–water partition coefficient (Wildman–Crippen LogP) is 6.21. The molecule has 0 spiro atoms. The fraction of sp³-hybridized carbons (Fsp3) is 0.0952. The standard InChI is InChI=1S/C21H14F5NO/c1-12-11-13(27-20(28)16-6-4-8-18(22)19(16)23)9-10-14(12)15-5-2-3-7-17(15)21(24,25)26/h2-11H,1H3,(H,27,28). The van der Waals surface area contributed by atoms with E-state index in [1.54, 1.807) is 6.92 Å². The molecule has 144 valence electrons. The molecule has 0 saturated carbocycles. The summed E-state index contributed by atoms with van der Waals surface area (Å²) < 4.78 is 66.8. The van der Waals surface area contributed by atoms with Crippen molar-refractivity contribution >= 4 is 11.6 Å². The molecule has 0 saturated heterocycles. The maximum Gasteiger partial charge on any atom is 0.417 e. The van der Waals surface area contributed by atoms with Gasteiger partial charge < -0.3 is 5.32 Å². The second-order valence-corrected chi connectivity index (χ2v) is 6.13. The Bertz CT molecular complexity index is 1040. The van der Waals surface area contributed by atoms with E-state index in [4.69, 9.17) is 0 Å². The average Bonchev–Trinajstić information content (AvgIpc) is 2.63. The molecule has 1 N–H and O–H groups in total. The molecule has 0 heterocycles. The van der Waals surface area contributed by atoms with E-state index in [1.807, 2.05) is 0 Å². The van der Waals surface area contributed by atoms with Crippen LogP contribution in [0.4, 0.5) is 27.6 Å². The van der Waals surface area contributed by atoms with Crippen molar-refractivity contribution in [3.05, 3.63) is 89.0 Å². The van der Waals surface area contributed by atoms with E-state index >= 15 is 0 Å². The molecule has 0 aliphatic carbocycles. The predicted molar refractivity (Wildman–Crippen MR) is 95.9 cm³/mol. The van der Waals surface area contributed by atoms with Gasteiger partial charge in [-0.1, -0.05) is 30.3 Å². The van der Waals surface area contributed by atoms with Gasteiger partial charge in [0.15, 0.2) is 11.6 Å². The van der Waals surface area contributed by atoms with Crippen LogP contribution < -0.4 is 5.32 Å². The number of anilines is 1. The number of aryl methyl sites for hydroxylation is 1. The van der Waals surface area contributed by atoms with E-state index in [0.29, 0.717) is 11.1 Å². The van der Waals surface area contributed by atoms with Crippen LogP contribution in [0.1, 0.15) is 21.5 Å². The number of amides is 1. The Morgan fingerprint density at radius 3 is 2.29 bits per heavy atom. The highest BCUT2D eigenvalue weighted by Crippen LogP contribution is 2.38. The molecule has 0 radical (unpaired) electrons. The van der Waals surface area contributed by atoms with Crippen molar-refractivity contribution in [3.8, 4) is 11.1 Å². The van der Waals surface area contributed by atoms with Crippen molar-refractivity contribution in [1.29, 1.82) is 0 Å². The lowest BCUT2D eigenvalue weighted by Gasteiger charge is -2.15. The number of alkyl halides is 3. The Kier molecular flexibility index (Phi) is 5.18. The van der Waals surface area contributed by atoms with Crippen molar-refractivity contribution < 1.29 is 26.7 Å². The number of nitrogens with one attached hydrogen (secondary N) is 1. The molecule has 3 aromatic carbocycles. The van der Waals surface area contributed by atoms with E-state index in [-0.39, 0.29) is 11.3 Å². The van der Waals surface area contributed by atoms with Gasteiger partial charge in [-0.25, -0.2) is 8.78 Å². The summed E-state index contributed by atoms with van der Waals surface area (Å²) in [5.41, 5.74) is -0.140. The summed E-state index contributed by atoms with van der Waals surface area (Å²) in [6.07, 6.45) is -4.51. The highest BCUT2D eigenvalue weighted by Gasteiger charge is 2.33. The Balaban J connectivity index is 1.92. The first-order valence-corrected chi connectivity index (χ1v) is 8.21. The maximum absolute atomic E-state index is 13.7. The van der Waals surface area contributed by atoms with Gasteiger partial charge in [0, 0.05) is 5.69 Å². The van der Waals surface area contributed by atoms with E-state index in [9.17, 15) is 26.7 Å². The zero-order valence-electron chi connectivity index (χ0n) is 14.6. The van der Waals surface area contributed by atoms with Gasteiger partial charge in [-0.05, 0) is 53.9 Å². The van der Waals surface area contributed by atoms with Crippen molar-refractivity contribution in [3.63, 3.8) is 0 Å². The normalized spacial score (nSPS) is 11.4. The molecule has 0 fully saturated rings. The van der Waals surface area contributed by atoms with Crippen molar-refractivity contribution in [2.75, 3.05) is 5.32 Å².